The molecule has 4 nitrogen and oxygen atoms in total. The fourth-order valence-corrected chi connectivity index (χ4v) is 1.87. The Balaban J connectivity index is 0.00000379. The summed E-state index contributed by atoms with van der Waals surface area (Å²) in [6, 6.07) is 9.96. The quantitative estimate of drug-likeness (QED) is 0.316. The van der Waals surface area contributed by atoms with Gasteiger partial charge in [-0.1, -0.05) is 61.9 Å². The van der Waals surface area contributed by atoms with Crippen LogP contribution in [0.1, 0.15) is 33.3 Å². The van der Waals surface area contributed by atoms with Gasteiger partial charge in [0.05, 0.1) is 5.70 Å². The van der Waals surface area contributed by atoms with Gasteiger partial charge < -0.3 is 10.6 Å². The molecule has 0 heterocycles. The molecule has 0 fully saturated rings. The molecule has 0 bridgehead atoms. The van der Waals surface area contributed by atoms with E-state index in [1.165, 1.54) is 30.3 Å². The number of benzene rings is 1. The number of aliphatic imine (C=N–C) groups is 1. The largest absolute Gasteiger partial charge is 0.358 e. The van der Waals surface area contributed by atoms with Crippen molar-refractivity contribution in [1.82, 2.24) is 10.6 Å². The molecule has 0 unspecified atom stereocenters. The molecule has 0 radical (unpaired) electrons. The third-order valence-electron chi connectivity index (χ3n) is 3.48. The molecule has 2 N–H and O–H groups in total. The van der Waals surface area contributed by atoms with Crippen LogP contribution in [0.15, 0.2) is 95.7 Å². The van der Waals surface area contributed by atoms with Gasteiger partial charge in [0.25, 0.3) is 0 Å². The molecule has 0 saturated heterocycles. The molecule has 0 saturated carbocycles. The molecule has 0 aliphatic rings. The average Bonchev–Trinajstić information content (AvgIpc) is 2.77. The molecule has 156 valence electrons. The number of halogens is 1. The van der Waals surface area contributed by atoms with Crippen LogP contribution in [-0.2, 0) is 11.2 Å². The number of allylic oxidation sites excluding steroid dienone is 5. The highest BCUT2D eigenvalue weighted by Crippen LogP contribution is 1.99. The summed E-state index contributed by atoms with van der Waals surface area (Å²) >= 11 is 0. The molecule has 1 rings (SSSR count). The molecular weight excluding hydrogens is 365 g/mol. The molecule has 1 aromatic rings. The first kappa shape index (κ1) is 25.8. The average molecular weight is 398 g/mol. The van der Waals surface area contributed by atoms with E-state index in [1.807, 2.05) is 64.1 Å². The van der Waals surface area contributed by atoms with Crippen LogP contribution in [0.25, 0.3) is 0 Å². The molecule has 0 atom stereocenters. The number of hydrogen-bond acceptors (Lipinski definition) is 3. The van der Waals surface area contributed by atoms with Crippen molar-refractivity contribution in [2.75, 3.05) is 6.54 Å². The summed E-state index contributed by atoms with van der Waals surface area (Å²) in [6.07, 6.45) is 14.0. The Morgan fingerprint density at radius 3 is 2.52 bits per heavy atom. The zero-order chi connectivity index (χ0) is 21.7. The van der Waals surface area contributed by atoms with Gasteiger partial charge in [0.15, 0.2) is 0 Å². The second-order valence-electron chi connectivity index (χ2n) is 5.57. The predicted octanol–water partition coefficient (Wildman–Crippen LogP) is 5.39. The van der Waals surface area contributed by atoms with Crippen molar-refractivity contribution in [2.45, 2.75) is 34.1 Å². The van der Waals surface area contributed by atoms with Crippen LogP contribution >= 0.6 is 0 Å². The minimum Gasteiger partial charge on any atom is -0.358 e. The highest BCUT2D eigenvalue weighted by molar-refractivity contribution is 5.91. The number of nitrogens with zero attached hydrogens (tertiary/aromatic N) is 1. The van der Waals surface area contributed by atoms with Gasteiger partial charge in [-0.3, -0.25) is 9.79 Å². The van der Waals surface area contributed by atoms with Crippen LogP contribution in [0.4, 0.5) is 4.39 Å². The first-order valence-corrected chi connectivity index (χ1v) is 9.70. The predicted molar refractivity (Wildman–Crippen MR) is 122 cm³/mol. The van der Waals surface area contributed by atoms with Gasteiger partial charge in [-0.25, -0.2) is 4.39 Å². The molecular formula is C24H32FN3O. The Morgan fingerprint density at radius 2 is 1.86 bits per heavy atom. The lowest BCUT2D eigenvalue weighted by atomic mass is 10.1. The third kappa shape index (κ3) is 14.5. The molecule has 0 spiro atoms. The van der Waals surface area contributed by atoms with E-state index in [0.29, 0.717) is 18.6 Å². The van der Waals surface area contributed by atoms with Crippen LogP contribution in [-0.4, -0.2) is 18.7 Å². The molecule has 0 aliphatic heterocycles. The van der Waals surface area contributed by atoms with E-state index in [4.69, 9.17) is 0 Å². The SMILES string of the molecule is CC.C\C=C(C)/C=C\C(=C\F)N/C=C/N=C/C=C/C(=O)NCCc1ccccc1. The van der Waals surface area contributed by atoms with Crippen molar-refractivity contribution in [3.05, 3.63) is 96.3 Å². The topological polar surface area (TPSA) is 53.5 Å². The van der Waals surface area contributed by atoms with Crippen molar-refractivity contribution in [2.24, 2.45) is 4.99 Å². The molecule has 29 heavy (non-hydrogen) atoms. The van der Waals surface area contributed by atoms with Crippen LogP contribution in [0.2, 0.25) is 0 Å². The molecule has 1 aromatic carbocycles. The van der Waals surface area contributed by atoms with Gasteiger partial charge in [-0.2, -0.15) is 0 Å². The summed E-state index contributed by atoms with van der Waals surface area (Å²) < 4.78 is 12.7. The number of carbonyl (C=O) groups is 1. The summed E-state index contributed by atoms with van der Waals surface area (Å²) in [6.45, 7) is 8.42. The Kier molecular flexibility index (Phi) is 16.2. The van der Waals surface area contributed by atoms with E-state index in [1.54, 1.807) is 18.2 Å². The Morgan fingerprint density at radius 1 is 1.14 bits per heavy atom. The van der Waals surface area contributed by atoms with Crippen molar-refractivity contribution < 1.29 is 9.18 Å². The van der Waals surface area contributed by atoms with Crippen LogP contribution < -0.4 is 10.6 Å². The maximum absolute atomic E-state index is 12.7. The Hall–Kier alpha value is -3.21. The minimum absolute atomic E-state index is 0.174. The van der Waals surface area contributed by atoms with Gasteiger partial charge in [0, 0.05) is 31.2 Å². The molecule has 1 amide bonds. The van der Waals surface area contributed by atoms with E-state index in [2.05, 4.69) is 15.6 Å². The van der Waals surface area contributed by atoms with Crippen LogP contribution in [0, 0.1) is 0 Å². The van der Waals surface area contributed by atoms with E-state index >= 15 is 0 Å². The highest BCUT2D eigenvalue weighted by Gasteiger charge is 1.95. The number of rotatable bonds is 10. The first-order valence-electron chi connectivity index (χ1n) is 9.70. The van der Waals surface area contributed by atoms with E-state index < -0.39 is 0 Å². The lowest BCUT2D eigenvalue weighted by Crippen LogP contribution is -2.23. The van der Waals surface area contributed by atoms with E-state index in [0.717, 1.165) is 12.0 Å². The second kappa shape index (κ2) is 18.2. The Labute approximate surface area is 174 Å². The number of nitrogens with one attached hydrogen (secondary N) is 2. The van der Waals surface area contributed by atoms with E-state index in [9.17, 15) is 9.18 Å². The zero-order valence-electron chi connectivity index (χ0n) is 17.7. The number of hydrogen-bond donors (Lipinski definition) is 2. The summed E-state index contributed by atoms with van der Waals surface area (Å²) in [5, 5.41) is 5.57. The van der Waals surface area contributed by atoms with E-state index in [-0.39, 0.29) is 5.91 Å². The van der Waals surface area contributed by atoms with Gasteiger partial charge in [-0.15, -0.1) is 0 Å². The number of carbonyl (C=O) groups excluding carboxylic acids is 1. The van der Waals surface area contributed by atoms with Gasteiger partial charge in [0.1, 0.15) is 6.33 Å². The molecule has 0 aliphatic carbocycles. The maximum Gasteiger partial charge on any atom is 0.244 e. The van der Waals surface area contributed by atoms with Crippen LogP contribution in [0.5, 0.6) is 0 Å². The Bertz CT molecular complexity index is 745. The summed E-state index contributed by atoms with van der Waals surface area (Å²) in [7, 11) is 0. The lowest BCUT2D eigenvalue weighted by molar-refractivity contribution is -0.116. The first-order chi connectivity index (χ1) is 14.2. The maximum atomic E-state index is 12.7. The monoisotopic (exact) mass is 397 g/mol. The van der Waals surface area contributed by atoms with Gasteiger partial charge in [-0.05, 0) is 38.0 Å². The normalized spacial score (nSPS) is 12.6. The second-order valence-corrected chi connectivity index (χ2v) is 5.57. The van der Waals surface area contributed by atoms with Crippen molar-refractivity contribution in [3.63, 3.8) is 0 Å². The molecule has 5 heteroatoms. The fourth-order valence-electron chi connectivity index (χ4n) is 1.87. The van der Waals surface area contributed by atoms with Gasteiger partial charge in [0.2, 0.25) is 5.91 Å². The summed E-state index contributed by atoms with van der Waals surface area (Å²) in [4.78, 5) is 15.6. The van der Waals surface area contributed by atoms with Crippen molar-refractivity contribution >= 4 is 12.1 Å². The zero-order valence-corrected chi connectivity index (χ0v) is 17.7. The summed E-state index contributed by atoms with van der Waals surface area (Å²) in [5.41, 5.74) is 2.53. The van der Waals surface area contributed by atoms with Crippen molar-refractivity contribution in [1.29, 1.82) is 0 Å². The smallest absolute Gasteiger partial charge is 0.244 e. The fraction of sp³-hybridized carbons (Fsp3) is 0.250. The van der Waals surface area contributed by atoms with Crippen molar-refractivity contribution in [3.8, 4) is 0 Å². The highest BCUT2D eigenvalue weighted by atomic mass is 19.1. The summed E-state index contributed by atoms with van der Waals surface area (Å²) in [5.74, 6) is -0.174. The van der Waals surface area contributed by atoms with Gasteiger partial charge >= 0.3 is 0 Å². The molecule has 0 aromatic heterocycles. The number of amides is 1. The standard InChI is InChI=1S/C22H26FN3O.C2H6/c1-3-19(2)11-12-21(18-23)25-17-16-24-14-7-10-22(27)26-15-13-20-8-5-4-6-9-20;1-2/h3-12,14,16-18,25H,13,15H2,1-2H3,(H,26,27);1-2H3/b10-7+,12-11-,17-16+,19-3-,21-18-,24-14+;. The lowest BCUT2D eigenvalue weighted by Gasteiger charge is -2.01. The minimum atomic E-state index is -0.174. The van der Waals surface area contributed by atoms with Crippen LogP contribution in [0.3, 0.4) is 0 Å². The third-order valence-corrected chi connectivity index (χ3v) is 3.48.